The standard InChI is InChI=1S/C21H30N4O2/c1-12-8-13(2)25-11-22-18(19(25)23-12)20(26)24-17-14-6-7-15(17)10-16(9-14)27-21(3,4)5/h8,11,14-17H,6-7,9-10H2,1-5H3,(H,24,26)/t14-,15+,16-,17+. The van der Waals surface area contributed by atoms with Crippen molar-refractivity contribution in [3.63, 3.8) is 0 Å². The Morgan fingerprint density at radius 1 is 1.22 bits per heavy atom. The van der Waals surface area contributed by atoms with Crippen LogP contribution in [0.25, 0.3) is 5.65 Å². The summed E-state index contributed by atoms with van der Waals surface area (Å²) in [6.07, 6.45) is 6.38. The highest BCUT2D eigenvalue weighted by Gasteiger charge is 2.44. The van der Waals surface area contributed by atoms with E-state index in [0.29, 0.717) is 29.3 Å². The Balaban J connectivity index is 1.50. The van der Waals surface area contributed by atoms with Gasteiger partial charge in [0.15, 0.2) is 11.3 Å². The fourth-order valence-electron chi connectivity index (χ4n) is 4.96. The summed E-state index contributed by atoms with van der Waals surface area (Å²) in [5, 5.41) is 3.29. The molecular weight excluding hydrogens is 340 g/mol. The second-order valence-corrected chi connectivity index (χ2v) is 9.25. The monoisotopic (exact) mass is 370 g/mol. The Hall–Kier alpha value is -1.95. The first-order valence-electron chi connectivity index (χ1n) is 10.0. The van der Waals surface area contributed by atoms with Crippen LogP contribution in [-0.4, -0.2) is 38.0 Å². The molecule has 146 valence electrons. The molecule has 0 radical (unpaired) electrons. The van der Waals surface area contributed by atoms with Gasteiger partial charge in [-0.15, -0.1) is 0 Å². The lowest BCUT2D eigenvalue weighted by Crippen LogP contribution is -2.47. The van der Waals surface area contributed by atoms with Crippen molar-refractivity contribution in [1.82, 2.24) is 19.7 Å². The van der Waals surface area contributed by atoms with E-state index >= 15 is 0 Å². The molecule has 0 aromatic carbocycles. The van der Waals surface area contributed by atoms with Crippen LogP contribution in [0.5, 0.6) is 0 Å². The average Bonchev–Trinajstić information content (AvgIpc) is 3.05. The van der Waals surface area contributed by atoms with Crippen LogP contribution in [0.2, 0.25) is 0 Å². The fraction of sp³-hybridized carbons (Fsp3) is 0.667. The molecule has 1 amide bonds. The number of aromatic nitrogens is 3. The van der Waals surface area contributed by atoms with Crippen molar-refractivity contribution >= 4 is 11.6 Å². The van der Waals surface area contributed by atoms with Crippen LogP contribution in [-0.2, 0) is 4.74 Å². The molecular formula is C21H30N4O2. The topological polar surface area (TPSA) is 68.5 Å². The largest absolute Gasteiger partial charge is 0.373 e. The maximum Gasteiger partial charge on any atom is 0.274 e. The number of hydrogen-bond acceptors (Lipinski definition) is 4. The summed E-state index contributed by atoms with van der Waals surface area (Å²) in [6, 6.07) is 2.22. The van der Waals surface area contributed by atoms with E-state index in [1.54, 1.807) is 6.33 Å². The number of imidazole rings is 1. The molecule has 2 bridgehead atoms. The fourth-order valence-corrected chi connectivity index (χ4v) is 4.96. The molecule has 2 aliphatic carbocycles. The van der Waals surface area contributed by atoms with Crippen LogP contribution >= 0.6 is 0 Å². The maximum absolute atomic E-state index is 13.0. The number of rotatable bonds is 3. The Labute approximate surface area is 160 Å². The van der Waals surface area contributed by atoms with Gasteiger partial charge in [0, 0.05) is 17.4 Å². The van der Waals surface area contributed by atoms with Gasteiger partial charge in [0.1, 0.15) is 6.33 Å². The van der Waals surface area contributed by atoms with E-state index in [9.17, 15) is 4.79 Å². The SMILES string of the molecule is Cc1cc(C)n2cnc(C(=O)N[C@H]3[C@@H]4CC[C@H]3C[C@H](OC(C)(C)C)C4)c2n1. The van der Waals surface area contributed by atoms with Gasteiger partial charge in [-0.2, -0.15) is 0 Å². The number of amides is 1. The molecule has 2 heterocycles. The van der Waals surface area contributed by atoms with Gasteiger partial charge in [0.25, 0.3) is 5.91 Å². The Morgan fingerprint density at radius 3 is 2.52 bits per heavy atom. The number of carbonyl (C=O) groups excluding carboxylic acids is 1. The lowest BCUT2D eigenvalue weighted by molar-refractivity contribution is -0.0875. The van der Waals surface area contributed by atoms with Gasteiger partial charge in [-0.25, -0.2) is 9.97 Å². The van der Waals surface area contributed by atoms with Gasteiger partial charge in [0.05, 0.1) is 11.7 Å². The van der Waals surface area contributed by atoms with Crippen molar-refractivity contribution in [3.05, 3.63) is 29.5 Å². The van der Waals surface area contributed by atoms with Crippen LogP contribution in [0, 0.1) is 25.7 Å². The summed E-state index contributed by atoms with van der Waals surface area (Å²) in [7, 11) is 0. The normalized spacial score (nSPS) is 27.9. The third kappa shape index (κ3) is 3.59. The number of nitrogens with one attached hydrogen (secondary N) is 1. The first-order chi connectivity index (χ1) is 12.7. The molecule has 2 saturated carbocycles. The van der Waals surface area contributed by atoms with E-state index in [1.165, 1.54) is 12.8 Å². The molecule has 4 rings (SSSR count). The molecule has 2 aromatic rings. The van der Waals surface area contributed by atoms with Gasteiger partial charge in [-0.05, 0) is 78.2 Å². The quantitative estimate of drug-likeness (QED) is 0.898. The molecule has 6 heteroatoms. The minimum absolute atomic E-state index is 0.105. The minimum Gasteiger partial charge on any atom is -0.373 e. The summed E-state index contributed by atoms with van der Waals surface area (Å²) in [6.45, 7) is 10.3. The van der Waals surface area contributed by atoms with Crippen molar-refractivity contribution in [2.45, 2.75) is 78.0 Å². The highest BCUT2D eigenvalue weighted by molar-refractivity contribution is 5.98. The van der Waals surface area contributed by atoms with Crippen molar-refractivity contribution in [1.29, 1.82) is 0 Å². The first kappa shape index (κ1) is 18.4. The van der Waals surface area contributed by atoms with Gasteiger partial charge in [-0.3, -0.25) is 9.20 Å². The summed E-state index contributed by atoms with van der Waals surface area (Å²) < 4.78 is 8.11. The van der Waals surface area contributed by atoms with E-state index in [0.717, 1.165) is 24.2 Å². The molecule has 2 fully saturated rings. The van der Waals surface area contributed by atoms with E-state index in [1.807, 2.05) is 24.3 Å². The first-order valence-corrected chi connectivity index (χ1v) is 10.0. The Kier molecular flexibility index (Phi) is 4.49. The van der Waals surface area contributed by atoms with Crippen LogP contribution < -0.4 is 5.32 Å². The van der Waals surface area contributed by atoms with Crippen LogP contribution in [0.3, 0.4) is 0 Å². The molecule has 2 aromatic heterocycles. The Bertz CT molecular complexity index is 853. The van der Waals surface area contributed by atoms with E-state index in [2.05, 4.69) is 36.1 Å². The van der Waals surface area contributed by atoms with E-state index in [-0.39, 0.29) is 17.6 Å². The van der Waals surface area contributed by atoms with Gasteiger partial charge in [0.2, 0.25) is 0 Å². The zero-order chi connectivity index (χ0) is 19.3. The summed E-state index contributed by atoms with van der Waals surface area (Å²) in [4.78, 5) is 21.9. The lowest BCUT2D eigenvalue weighted by atomic mass is 9.82. The summed E-state index contributed by atoms with van der Waals surface area (Å²) >= 11 is 0. The Morgan fingerprint density at radius 2 is 1.89 bits per heavy atom. The average molecular weight is 370 g/mol. The zero-order valence-electron chi connectivity index (χ0n) is 17.0. The van der Waals surface area contributed by atoms with Gasteiger partial charge < -0.3 is 10.1 Å². The predicted octanol–water partition coefficient (Wildman–Crippen LogP) is 3.45. The molecule has 6 nitrogen and oxygen atoms in total. The molecule has 0 unspecified atom stereocenters. The molecule has 0 saturated heterocycles. The zero-order valence-corrected chi connectivity index (χ0v) is 17.0. The van der Waals surface area contributed by atoms with Gasteiger partial charge >= 0.3 is 0 Å². The van der Waals surface area contributed by atoms with Crippen molar-refractivity contribution in [2.24, 2.45) is 11.8 Å². The van der Waals surface area contributed by atoms with Crippen molar-refractivity contribution < 1.29 is 9.53 Å². The molecule has 0 aliphatic heterocycles. The molecule has 2 aliphatic rings. The highest BCUT2D eigenvalue weighted by atomic mass is 16.5. The predicted molar refractivity (Wildman–Crippen MR) is 104 cm³/mol. The number of carbonyl (C=O) groups is 1. The van der Waals surface area contributed by atoms with Gasteiger partial charge in [-0.1, -0.05) is 0 Å². The number of ether oxygens (including phenoxy) is 1. The lowest BCUT2D eigenvalue weighted by Gasteiger charge is -2.38. The summed E-state index contributed by atoms with van der Waals surface area (Å²) in [5.41, 5.74) is 2.88. The second-order valence-electron chi connectivity index (χ2n) is 9.25. The van der Waals surface area contributed by atoms with E-state index < -0.39 is 0 Å². The van der Waals surface area contributed by atoms with E-state index in [4.69, 9.17) is 4.74 Å². The van der Waals surface area contributed by atoms with Crippen LogP contribution in [0.4, 0.5) is 0 Å². The molecule has 0 spiro atoms. The van der Waals surface area contributed by atoms with Crippen molar-refractivity contribution in [2.75, 3.05) is 0 Å². The van der Waals surface area contributed by atoms with Crippen LogP contribution in [0.15, 0.2) is 12.4 Å². The third-order valence-corrected chi connectivity index (χ3v) is 5.91. The summed E-state index contributed by atoms with van der Waals surface area (Å²) in [5.74, 6) is 0.878. The smallest absolute Gasteiger partial charge is 0.274 e. The van der Waals surface area contributed by atoms with Crippen molar-refractivity contribution in [3.8, 4) is 0 Å². The minimum atomic E-state index is -0.114. The number of aryl methyl sites for hydroxylation is 2. The molecule has 4 atom stereocenters. The highest BCUT2D eigenvalue weighted by Crippen LogP contribution is 2.44. The molecule has 1 N–H and O–H groups in total. The maximum atomic E-state index is 13.0. The number of fused-ring (bicyclic) bond motifs is 3. The number of hydrogen-bond donors (Lipinski definition) is 1. The third-order valence-electron chi connectivity index (χ3n) is 5.91. The number of nitrogens with zero attached hydrogens (tertiary/aromatic N) is 3. The molecule has 27 heavy (non-hydrogen) atoms. The van der Waals surface area contributed by atoms with Crippen LogP contribution in [0.1, 0.15) is 68.3 Å². The second kappa shape index (κ2) is 6.59.